The van der Waals surface area contributed by atoms with Crippen LogP contribution in [0.5, 0.6) is 0 Å². The molecule has 4 nitrogen and oxygen atoms in total. The van der Waals surface area contributed by atoms with E-state index in [1.165, 1.54) is 12.1 Å². The van der Waals surface area contributed by atoms with Crippen LogP contribution in [0.1, 0.15) is 18.4 Å². The lowest BCUT2D eigenvalue weighted by Gasteiger charge is -2.33. The summed E-state index contributed by atoms with van der Waals surface area (Å²) >= 11 is 0. The Kier molecular flexibility index (Phi) is 5.64. The highest BCUT2D eigenvalue weighted by Gasteiger charge is 2.40. The summed E-state index contributed by atoms with van der Waals surface area (Å²) in [5.41, 5.74) is 0.241. The third kappa shape index (κ3) is 5.43. The van der Waals surface area contributed by atoms with E-state index in [4.69, 9.17) is 4.74 Å². The van der Waals surface area contributed by atoms with Crippen molar-refractivity contribution in [2.75, 3.05) is 19.8 Å². The summed E-state index contributed by atoms with van der Waals surface area (Å²) in [6.45, 7) is -1.07. The molecule has 0 spiro atoms. The van der Waals surface area contributed by atoms with Crippen molar-refractivity contribution >= 4 is 10.0 Å². The predicted octanol–water partition coefficient (Wildman–Crippen LogP) is 2.70. The average molecular weight is 355 g/mol. The van der Waals surface area contributed by atoms with Crippen molar-refractivity contribution < 1.29 is 30.7 Å². The van der Waals surface area contributed by atoms with Gasteiger partial charge in [0.05, 0.1) is 5.75 Å². The van der Waals surface area contributed by atoms with Crippen molar-refractivity contribution in [2.45, 2.75) is 30.8 Å². The first-order valence-electron chi connectivity index (χ1n) is 7.06. The van der Waals surface area contributed by atoms with Crippen molar-refractivity contribution in [1.82, 2.24) is 4.31 Å². The second-order valence-corrected chi connectivity index (χ2v) is 7.31. The Morgan fingerprint density at radius 2 is 1.70 bits per heavy atom. The van der Waals surface area contributed by atoms with Crippen LogP contribution in [-0.4, -0.2) is 44.7 Å². The molecule has 0 saturated carbocycles. The molecular formula is C14H17F4NO3S. The summed E-state index contributed by atoms with van der Waals surface area (Å²) in [6, 6.07) is 3.92. The van der Waals surface area contributed by atoms with Gasteiger partial charge in [-0.2, -0.15) is 17.5 Å². The van der Waals surface area contributed by atoms with Gasteiger partial charge in [-0.05, 0) is 30.5 Å². The molecule has 0 bridgehead atoms. The lowest BCUT2D eigenvalue weighted by atomic mass is 10.1. The number of benzene rings is 1. The summed E-state index contributed by atoms with van der Waals surface area (Å²) in [7, 11) is -4.19. The third-order valence-electron chi connectivity index (χ3n) is 3.55. The second kappa shape index (κ2) is 7.14. The highest BCUT2D eigenvalue weighted by Crippen LogP contribution is 2.26. The van der Waals surface area contributed by atoms with E-state index >= 15 is 0 Å². The molecule has 1 aliphatic rings. The number of nitrogens with zero attached hydrogens (tertiary/aromatic N) is 1. The first kappa shape index (κ1) is 18.2. The summed E-state index contributed by atoms with van der Waals surface area (Å²) in [6.07, 6.45) is -4.19. The van der Waals surface area contributed by atoms with Crippen molar-refractivity contribution in [1.29, 1.82) is 0 Å². The SMILES string of the molecule is O=S(=O)(Cc1ccc(F)cc1)N(CC(F)(F)F)C1CCOCC1. The highest BCUT2D eigenvalue weighted by atomic mass is 32.2. The Labute approximate surface area is 132 Å². The van der Waals surface area contributed by atoms with Crippen molar-refractivity contribution in [3.05, 3.63) is 35.6 Å². The predicted molar refractivity (Wildman–Crippen MR) is 75.6 cm³/mol. The topological polar surface area (TPSA) is 46.6 Å². The Morgan fingerprint density at radius 3 is 2.22 bits per heavy atom. The molecule has 0 unspecified atom stereocenters. The number of sulfonamides is 1. The number of halogens is 4. The normalized spacial score (nSPS) is 17.6. The van der Waals surface area contributed by atoms with Crippen molar-refractivity contribution in [3.8, 4) is 0 Å². The fourth-order valence-corrected chi connectivity index (χ4v) is 4.27. The maximum atomic E-state index is 12.9. The van der Waals surface area contributed by atoms with Gasteiger partial charge in [0, 0.05) is 19.3 Å². The van der Waals surface area contributed by atoms with Gasteiger partial charge in [0.25, 0.3) is 0 Å². The minimum absolute atomic E-state index is 0.221. The van der Waals surface area contributed by atoms with Crippen LogP contribution in [0.3, 0.4) is 0 Å². The van der Waals surface area contributed by atoms with E-state index in [2.05, 4.69) is 0 Å². The summed E-state index contributed by atoms with van der Waals surface area (Å²) in [4.78, 5) is 0. The van der Waals surface area contributed by atoms with Gasteiger partial charge in [0.2, 0.25) is 10.0 Å². The quantitative estimate of drug-likeness (QED) is 0.763. The van der Waals surface area contributed by atoms with E-state index < -0.39 is 40.4 Å². The zero-order valence-corrected chi connectivity index (χ0v) is 13.0. The summed E-state index contributed by atoms with van der Waals surface area (Å²) in [5.74, 6) is -1.14. The first-order valence-corrected chi connectivity index (χ1v) is 8.67. The molecule has 1 heterocycles. The molecule has 9 heteroatoms. The molecule has 2 rings (SSSR count). The standard InChI is InChI=1S/C14H17F4NO3S/c15-12-3-1-11(2-4-12)9-23(20,21)19(10-14(16,17)18)13-5-7-22-8-6-13/h1-4,13H,5-10H2. The molecule has 1 aromatic carbocycles. The third-order valence-corrected chi connectivity index (χ3v) is 5.39. The van der Waals surface area contributed by atoms with E-state index in [1.54, 1.807) is 0 Å². The van der Waals surface area contributed by atoms with Crippen molar-refractivity contribution in [2.24, 2.45) is 0 Å². The maximum Gasteiger partial charge on any atom is 0.402 e. The van der Waals surface area contributed by atoms with Crippen LogP contribution < -0.4 is 0 Å². The fourth-order valence-electron chi connectivity index (χ4n) is 2.48. The van der Waals surface area contributed by atoms with Gasteiger partial charge in [-0.25, -0.2) is 12.8 Å². The molecule has 0 atom stereocenters. The van der Waals surface area contributed by atoms with Crippen LogP contribution in [0.15, 0.2) is 24.3 Å². The van der Waals surface area contributed by atoms with Gasteiger partial charge < -0.3 is 4.74 Å². The van der Waals surface area contributed by atoms with Crippen molar-refractivity contribution in [3.63, 3.8) is 0 Å². The van der Waals surface area contributed by atoms with Gasteiger partial charge in [0.1, 0.15) is 12.4 Å². The molecule has 0 N–H and O–H groups in total. The maximum absolute atomic E-state index is 12.9. The summed E-state index contributed by atoms with van der Waals surface area (Å²) in [5, 5.41) is 0. The molecule has 1 fully saturated rings. The molecule has 0 aromatic heterocycles. The molecule has 1 saturated heterocycles. The Hall–Kier alpha value is -1.19. The van der Waals surface area contributed by atoms with Gasteiger partial charge >= 0.3 is 6.18 Å². The van der Waals surface area contributed by atoms with E-state index in [0.717, 1.165) is 12.1 Å². The number of rotatable bonds is 5. The lowest BCUT2D eigenvalue weighted by molar-refractivity contribution is -0.141. The molecule has 130 valence electrons. The molecule has 0 radical (unpaired) electrons. The van der Waals surface area contributed by atoms with Gasteiger partial charge in [-0.3, -0.25) is 0 Å². The largest absolute Gasteiger partial charge is 0.402 e. The van der Waals surface area contributed by atoms with Crippen LogP contribution in [0, 0.1) is 5.82 Å². The van der Waals surface area contributed by atoms with Gasteiger partial charge in [-0.1, -0.05) is 12.1 Å². The zero-order chi connectivity index (χ0) is 17.1. The monoisotopic (exact) mass is 355 g/mol. The van der Waals surface area contributed by atoms with Crippen LogP contribution in [0.25, 0.3) is 0 Å². The number of hydrogen-bond donors (Lipinski definition) is 0. The van der Waals surface area contributed by atoms with E-state index in [0.29, 0.717) is 4.31 Å². The van der Waals surface area contributed by atoms with Crippen LogP contribution in [0.2, 0.25) is 0 Å². The molecular weight excluding hydrogens is 338 g/mol. The molecule has 1 aliphatic heterocycles. The Balaban J connectivity index is 2.22. The number of ether oxygens (including phenoxy) is 1. The van der Waals surface area contributed by atoms with E-state index in [9.17, 15) is 26.0 Å². The Morgan fingerprint density at radius 1 is 1.13 bits per heavy atom. The minimum atomic E-state index is -4.63. The van der Waals surface area contributed by atoms with Crippen LogP contribution in [-0.2, 0) is 20.5 Å². The minimum Gasteiger partial charge on any atom is -0.381 e. The van der Waals surface area contributed by atoms with E-state index in [1.807, 2.05) is 0 Å². The number of hydrogen-bond acceptors (Lipinski definition) is 3. The molecule has 0 amide bonds. The molecule has 0 aliphatic carbocycles. The zero-order valence-electron chi connectivity index (χ0n) is 12.2. The second-order valence-electron chi connectivity index (χ2n) is 5.39. The molecule has 23 heavy (non-hydrogen) atoms. The molecule has 1 aromatic rings. The first-order chi connectivity index (χ1) is 10.7. The van der Waals surface area contributed by atoms with Crippen LogP contribution >= 0.6 is 0 Å². The summed E-state index contributed by atoms with van der Waals surface area (Å²) < 4.78 is 81.8. The van der Waals surface area contributed by atoms with Gasteiger partial charge in [-0.15, -0.1) is 0 Å². The smallest absolute Gasteiger partial charge is 0.381 e. The highest BCUT2D eigenvalue weighted by molar-refractivity contribution is 7.88. The Bertz CT molecular complexity index is 610. The lowest BCUT2D eigenvalue weighted by Crippen LogP contribution is -2.48. The fraction of sp³-hybridized carbons (Fsp3) is 0.571. The van der Waals surface area contributed by atoms with Gasteiger partial charge in [0.15, 0.2) is 0 Å². The average Bonchev–Trinajstić information content (AvgIpc) is 2.47. The van der Waals surface area contributed by atoms with Crippen LogP contribution in [0.4, 0.5) is 17.6 Å². The number of alkyl halides is 3. The van der Waals surface area contributed by atoms with E-state index in [-0.39, 0.29) is 31.6 Å².